The van der Waals surface area contributed by atoms with E-state index in [-0.39, 0.29) is 30.5 Å². The van der Waals surface area contributed by atoms with Crippen molar-refractivity contribution in [2.24, 2.45) is 4.99 Å². The van der Waals surface area contributed by atoms with Crippen LogP contribution in [-0.2, 0) is 25.8 Å². The molecule has 0 fully saturated rings. The Morgan fingerprint density at radius 1 is 1.15 bits per heavy atom. The van der Waals surface area contributed by atoms with Crippen LogP contribution in [-0.4, -0.2) is 27.3 Å². The van der Waals surface area contributed by atoms with Crippen LogP contribution in [0.4, 0.5) is 13.2 Å². The zero-order valence-electron chi connectivity index (χ0n) is 14.5. The van der Waals surface area contributed by atoms with Gasteiger partial charge in [0.15, 0.2) is 11.8 Å². The summed E-state index contributed by atoms with van der Waals surface area (Å²) in [7, 11) is 0. The lowest BCUT2D eigenvalue weighted by atomic mass is 10.1. The van der Waals surface area contributed by atoms with Crippen LogP contribution >= 0.6 is 24.0 Å². The van der Waals surface area contributed by atoms with Gasteiger partial charge in [0.25, 0.3) is 0 Å². The highest BCUT2D eigenvalue weighted by atomic mass is 127. The molecule has 0 saturated heterocycles. The van der Waals surface area contributed by atoms with Gasteiger partial charge < -0.3 is 15.2 Å². The number of aliphatic imine (C=N–C) groups is 1. The van der Waals surface area contributed by atoms with Gasteiger partial charge in [0.05, 0.1) is 18.7 Å². The molecule has 2 aromatic rings. The number of nitrogens with zero attached hydrogens (tertiary/aromatic N) is 4. The average molecular weight is 482 g/mol. The molecular formula is C16H22F3IN6. The Labute approximate surface area is 167 Å². The Morgan fingerprint density at radius 2 is 1.85 bits per heavy atom. The highest BCUT2D eigenvalue weighted by Crippen LogP contribution is 2.29. The molecule has 144 valence electrons. The summed E-state index contributed by atoms with van der Waals surface area (Å²) in [6.45, 7) is 6.09. The zero-order chi connectivity index (χ0) is 18.3. The van der Waals surface area contributed by atoms with Gasteiger partial charge in [0.1, 0.15) is 6.33 Å². The molecule has 6 nitrogen and oxygen atoms in total. The number of rotatable bonds is 6. The Kier molecular flexibility index (Phi) is 8.82. The van der Waals surface area contributed by atoms with Crippen LogP contribution < -0.4 is 10.6 Å². The number of halogens is 4. The van der Waals surface area contributed by atoms with Crippen molar-refractivity contribution in [2.45, 2.75) is 39.7 Å². The Morgan fingerprint density at radius 3 is 2.42 bits per heavy atom. The molecule has 0 bridgehead atoms. The summed E-state index contributed by atoms with van der Waals surface area (Å²) >= 11 is 0. The van der Waals surface area contributed by atoms with Crippen LogP contribution in [0.2, 0.25) is 0 Å². The molecule has 10 heteroatoms. The monoisotopic (exact) mass is 482 g/mol. The molecule has 0 radical (unpaired) electrons. The topological polar surface area (TPSA) is 67.1 Å². The highest BCUT2D eigenvalue weighted by molar-refractivity contribution is 14.0. The minimum Gasteiger partial charge on any atom is -0.357 e. The summed E-state index contributed by atoms with van der Waals surface area (Å²) in [6, 6.07) is 5.00. The zero-order valence-corrected chi connectivity index (χ0v) is 16.9. The lowest BCUT2D eigenvalue weighted by Gasteiger charge is -2.11. The van der Waals surface area contributed by atoms with E-state index in [9.17, 15) is 13.2 Å². The van der Waals surface area contributed by atoms with E-state index >= 15 is 0 Å². The van der Waals surface area contributed by atoms with Crippen molar-refractivity contribution in [3.05, 3.63) is 47.5 Å². The Balaban J connectivity index is 0.00000338. The van der Waals surface area contributed by atoms with Gasteiger partial charge in [-0.3, -0.25) is 0 Å². The van der Waals surface area contributed by atoms with Gasteiger partial charge in [-0.15, -0.1) is 34.2 Å². The maximum absolute atomic E-state index is 12.6. The van der Waals surface area contributed by atoms with Crippen molar-refractivity contribution in [1.82, 2.24) is 25.4 Å². The molecule has 2 rings (SSSR count). The normalized spacial score (nSPS) is 11.8. The van der Waals surface area contributed by atoms with Crippen LogP contribution in [0.3, 0.4) is 0 Å². The van der Waals surface area contributed by atoms with Crippen LogP contribution in [0.15, 0.2) is 35.6 Å². The van der Waals surface area contributed by atoms with Gasteiger partial charge in [0.2, 0.25) is 0 Å². The third kappa shape index (κ3) is 6.46. The fourth-order valence-corrected chi connectivity index (χ4v) is 2.15. The van der Waals surface area contributed by atoms with Gasteiger partial charge in [-0.25, -0.2) is 4.99 Å². The molecule has 0 aliphatic heterocycles. The van der Waals surface area contributed by atoms with E-state index in [2.05, 4.69) is 25.8 Å². The summed E-state index contributed by atoms with van der Waals surface area (Å²) in [5.74, 6) is 1.34. The first-order chi connectivity index (χ1) is 11.9. The van der Waals surface area contributed by atoms with E-state index in [1.165, 1.54) is 12.1 Å². The van der Waals surface area contributed by atoms with E-state index in [0.29, 0.717) is 24.6 Å². The fraction of sp³-hybridized carbons (Fsp3) is 0.438. The first kappa shape index (κ1) is 22.2. The second-order valence-corrected chi connectivity index (χ2v) is 5.28. The van der Waals surface area contributed by atoms with Crippen molar-refractivity contribution in [3.63, 3.8) is 0 Å². The lowest BCUT2D eigenvalue weighted by molar-refractivity contribution is -0.137. The van der Waals surface area contributed by atoms with E-state index in [4.69, 9.17) is 0 Å². The summed E-state index contributed by atoms with van der Waals surface area (Å²) < 4.78 is 39.6. The fourth-order valence-electron chi connectivity index (χ4n) is 2.15. The number of nitrogens with one attached hydrogen (secondary N) is 2. The van der Waals surface area contributed by atoms with E-state index < -0.39 is 11.7 Å². The van der Waals surface area contributed by atoms with Crippen LogP contribution in [0.25, 0.3) is 0 Å². The number of guanidine groups is 1. The molecule has 0 atom stereocenters. The Hall–Kier alpha value is -1.85. The van der Waals surface area contributed by atoms with Gasteiger partial charge in [-0.1, -0.05) is 12.1 Å². The third-order valence-electron chi connectivity index (χ3n) is 3.50. The van der Waals surface area contributed by atoms with E-state index in [1.54, 1.807) is 6.33 Å². The van der Waals surface area contributed by atoms with Crippen molar-refractivity contribution in [1.29, 1.82) is 0 Å². The maximum Gasteiger partial charge on any atom is 0.416 e. The highest BCUT2D eigenvalue weighted by Gasteiger charge is 2.29. The lowest BCUT2D eigenvalue weighted by Crippen LogP contribution is -2.37. The van der Waals surface area contributed by atoms with Crippen LogP contribution in [0.5, 0.6) is 0 Å². The molecule has 0 spiro atoms. The molecular weight excluding hydrogens is 460 g/mol. The van der Waals surface area contributed by atoms with Gasteiger partial charge in [0, 0.05) is 13.1 Å². The average Bonchev–Trinajstić information content (AvgIpc) is 3.04. The molecule has 0 aliphatic carbocycles. The molecule has 2 N–H and O–H groups in total. The predicted molar refractivity (Wildman–Crippen MR) is 104 cm³/mol. The number of aromatic nitrogens is 3. The molecule has 0 amide bonds. The van der Waals surface area contributed by atoms with Crippen LogP contribution in [0.1, 0.15) is 30.8 Å². The molecule has 0 aliphatic rings. The number of hydrogen-bond acceptors (Lipinski definition) is 3. The predicted octanol–water partition coefficient (Wildman–Crippen LogP) is 3.19. The summed E-state index contributed by atoms with van der Waals surface area (Å²) in [5.41, 5.74) is 0.0334. The van der Waals surface area contributed by atoms with Crippen molar-refractivity contribution >= 4 is 29.9 Å². The molecule has 1 aromatic heterocycles. The van der Waals surface area contributed by atoms with Crippen LogP contribution in [0, 0.1) is 0 Å². The van der Waals surface area contributed by atoms with Gasteiger partial charge >= 0.3 is 6.18 Å². The molecule has 26 heavy (non-hydrogen) atoms. The standard InChI is InChI=1S/C16H21F3N6.HI/c1-3-20-15(22-10-14-24-23-11-25(14)4-2)21-9-12-5-7-13(8-6-12)16(17,18)19;/h5-8,11H,3-4,9-10H2,1-2H3,(H2,20,21,22);1H. The quantitative estimate of drug-likeness (QED) is 0.377. The molecule has 1 aromatic carbocycles. The third-order valence-corrected chi connectivity index (χ3v) is 3.50. The number of hydrogen-bond donors (Lipinski definition) is 2. The second kappa shape index (κ2) is 10.3. The Bertz CT molecular complexity index is 697. The van der Waals surface area contributed by atoms with Crippen molar-refractivity contribution < 1.29 is 13.2 Å². The summed E-state index contributed by atoms with van der Waals surface area (Å²) in [6.07, 6.45) is -2.67. The molecule has 0 unspecified atom stereocenters. The molecule has 0 saturated carbocycles. The minimum absolute atomic E-state index is 0. The van der Waals surface area contributed by atoms with Gasteiger partial charge in [-0.05, 0) is 31.5 Å². The SMILES string of the molecule is CCNC(=NCc1ccc(C(F)(F)F)cc1)NCc1nncn1CC.I. The number of alkyl halides is 3. The smallest absolute Gasteiger partial charge is 0.357 e. The minimum atomic E-state index is -4.33. The van der Waals surface area contributed by atoms with E-state index in [1.807, 2.05) is 18.4 Å². The first-order valence-corrected chi connectivity index (χ1v) is 7.99. The number of benzene rings is 1. The maximum atomic E-state index is 12.6. The van der Waals surface area contributed by atoms with Crippen molar-refractivity contribution in [3.8, 4) is 0 Å². The van der Waals surface area contributed by atoms with Crippen molar-refractivity contribution in [2.75, 3.05) is 6.54 Å². The van der Waals surface area contributed by atoms with E-state index in [0.717, 1.165) is 24.5 Å². The molecule has 1 heterocycles. The van der Waals surface area contributed by atoms with Gasteiger partial charge in [-0.2, -0.15) is 13.2 Å². The first-order valence-electron chi connectivity index (χ1n) is 7.99. The summed E-state index contributed by atoms with van der Waals surface area (Å²) in [5, 5.41) is 14.1. The largest absolute Gasteiger partial charge is 0.416 e. The number of aryl methyl sites for hydroxylation is 1. The second-order valence-electron chi connectivity index (χ2n) is 5.28. The summed E-state index contributed by atoms with van der Waals surface area (Å²) in [4.78, 5) is 4.39.